The molecular weight excluding hydrogens is 424 g/mol. The Balaban J connectivity index is 1.68. The summed E-state index contributed by atoms with van der Waals surface area (Å²) < 4.78 is 6.84. The van der Waals surface area contributed by atoms with Crippen molar-refractivity contribution >= 4 is 23.6 Å². The zero-order valence-corrected chi connectivity index (χ0v) is 20.3. The van der Waals surface area contributed by atoms with Gasteiger partial charge >= 0.3 is 5.97 Å². The van der Waals surface area contributed by atoms with Crippen LogP contribution < -0.4 is 5.32 Å². The molecule has 1 aliphatic carbocycles. The summed E-state index contributed by atoms with van der Waals surface area (Å²) in [5.74, 6) is 0.808. The fourth-order valence-electron chi connectivity index (χ4n) is 3.93. The number of esters is 1. The lowest BCUT2D eigenvalue weighted by atomic mass is 9.86. The highest BCUT2D eigenvalue weighted by atomic mass is 32.2. The van der Waals surface area contributed by atoms with Gasteiger partial charge in [0.05, 0.1) is 12.9 Å². The third-order valence-corrected chi connectivity index (χ3v) is 6.75. The molecule has 1 amide bonds. The van der Waals surface area contributed by atoms with Crippen molar-refractivity contribution in [3.63, 3.8) is 0 Å². The molecule has 0 aliphatic heterocycles. The minimum absolute atomic E-state index is 0.0723. The van der Waals surface area contributed by atoms with Crippen LogP contribution in [0.3, 0.4) is 0 Å². The molecule has 1 N–H and O–H groups in total. The number of aromatic nitrogens is 3. The summed E-state index contributed by atoms with van der Waals surface area (Å²) in [4.78, 5) is 23.4. The summed E-state index contributed by atoms with van der Waals surface area (Å²) in [5.41, 5.74) is 2.44. The van der Waals surface area contributed by atoms with Gasteiger partial charge < -0.3 is 10.1 Å². The van der Waals surface area contributed by atoms with Crippen molar-refractivity contribution in [1.29, 1.82) is 0 Å². The van der Waals surface area contributed by atoms with Crippen LogP contribution in [-0.4, -0.2) is 46.0 Å². The van der Waals surface area contributed by atoms with Crippen LogP contribution in [-0.2, 0) is 19.7 Å². The fourth-order valence-corrected chi connectivity index (χ4v) is 4.76. The molecule has 1 aliphatic rings. The van der Waals surface area contributed by atoms with Gasteiger partial charge in [0.15, 0.2) is 11.0 Å². The molecule has 1 aromatic heterocycles. The Morgan fingerprint density at radius 1 is 1.16 bits per heavy atom. The molecule has 0 unspecified atom stereocenters. The lowest BCUT2D eigenvalue weighted by Gasteiger charge is -2.20. The number of rotatable bonds is 9. The molecule has 1 fully saturated rings. The third-order valence-electron chi connectivity index (χ3n) is 5.80. The SMILES string of the molecule is COC(=O)CCCNC(=O)CSc1nnc(-c2ccc(C(C)(C)C)cc2)n1C1CCCC1. The number of carbonyl (C=O) groups excluding carboxylic acids is 2. The Bertz CT molecular complexity index is 912. The third kappa shape index (κ3) is 6.34. The van der Waals surface area contributed by atoms with E-state index >= 15 is 0 Å². The average Bonchev–Trinajstić information content (AvgIpc) is 3.44. The highest BCUT2D eigenvalue weighted by molar-refractivity contribution is 7.99. The van der Waals surface area contributed by atoms with E-state index < -0.39 is 0 Å². The molecule has 1 heterocycles. The molecule has 32 heavy (non-hydrogen) atoms. The Morgan fingerprint density at radius 3 is 2.47 bits per heavy atom. The van der Waals surface area contributed by atoms with Crippen molar-refractivity contribution in [1.82, 2.24) is 20.1 Å². The van der Waals surface area contributed by atoms with Crippen LogP contribution in [0.15, 0.2) is 29.4 Å². The molecule has 0 atom stereocenters. The van der Waals surface area contributed by atoms with Crippen LogP contribution in [0.5, 0.6) is 0 Å². The lowest BCUT2D eigenvalue weighted by Crippen LogP contribution is -2.26. The Hall–Kier alpha value is -2.35. The number of benzene rings is 1. The van der Waals surface area contributed by atoms with Crippen LogP contribution in [0.2, 0.25) is 0 Å². The number of hydrogen-bond acceptors (Lipinski definition) is 6. The van der Waals surface area contributed by atoms with Gasteiger partial charge in [-0.2, -0.15) is 0 Å². The Kier molecular flexibility index (Phi) is 8.34. The maximum atomic E-state index is 12.3. The predicted octanol–water partition coefficient (Wildman–Crippen LogP) is 4.52. The van der Waals surface area contributed by atoms with Gasteiger partial charge in [0, 0.05) is 24.6 Å². The second-order valence-electron chi connectivity index (χ2n) is 9.26. The van der Waals surface area contributed by atoms with E-state index in [2.05, 4.69) is 69.9 Å². The van der Waals surface area contributed by atoms with Crippen molar-refractivity contribution in [3.8, 4) is 11.4 Å². The first-order valence-electron chi connectivity index (χ1n) is 11.3. The highest BCUT2D eigenvalue weighted by Crippen LogP contribution is 2.37. The maximum Gasteiger partial charge on any atom is 0.305 e. The molecule has 8 heteroatoms. The van der Waals surface area contributed by atoms with Gasteiger partial charge in [-0.25, -0.2) is 0 Å². The molecular formula is C24H34N4O3S. The summed E-state index contributed by atoms with van der Waals surface area (Å²) in [5, 5.41) is 12.6. The molecule has 0 radical (unpaired) electrons. The second-order valence-corrected chi connectivity index (χ2v) is 10.2. The van der Waals surface area contributed by atoms with Gasteiger partial charge in [0.1, 0.15) is 0 Å². The number of methoxy groups -OCH3 is 1. The minimum Gasteiger partial charge on any atom is -0.469 e. The number of carbonyl (C=O) groups is 2. The summed E-state index contributed by atoms with van der Waals surface area (Å²) in [7, 11) is 1.37. The van der Waals surface area contributed by atoms with E-state index in [1.54, 1.807) is 0 Å². The topological polar surface area (TPSA) is 86.1 Å². The van der Waals surface area contributed by atoms with E-state index in [0.717, 1.165) is 29.4 Å². The van der Waals surface area contributed by atoms with Crippen LogP contribution in [0.25, 0.3) is 11.4 Å². The predicted molar refractivity (Wildman–Crippen MR) is 127 cm³/mol. The van der Waals surface area contributed by atoms with Gasteiger partial charge in [-0.3, -0.25) is 14.2 Å². The molecule has 174 valence electrons. The Labute approximate surface area is 194 Å². The first kappa shape index (κ1) is 24.3. The first-order chi connectivity index (χ1) is 15.3. The largest absolute Gasteiger partial charge is 0.469 e. The van der Waals surface area contributed by atoms with E-state index in [9.17, 15) is 9.59 Å². The molecule has 7 nitrogen and oxygen atoms in total. The lowest BCUT2D eigenvalue weighted by molar-refractivity contribution is -0.140. The number of hydrogen-bond donors (Lipinski definition) is 1. The van der Waals surface area contributed by atoms with Gasteiger partial charge in [0.25, 0.3) is 0 Å². The van der Waals surface area contributed by atoms with Gasteiger partial charge in [-0.1, -0.05) is 69.6 Å². The van der Waals surface area contributed by atoms with Crippen LogP contribution in [0.4, 0.5) is 0 Å². The zero-order chi connectivity index (χ0) is 23.1. The summed E-state index contributed by atoms with van der Waals surface area (Å²) in [6, 6.07) is 8.94. The molecule has 0 bridgehead atoms. The van der Waals surface area contributed by atoms with Crippen molar-refractivity contribution in [2.24, 2.45) is 0 Å². The zero-order valence-electron chi connectivity index (χ0n) is 19.5. The van der Waals surface area contributed by atoms with Gasteiger partial charge in [-0.05, 0) is 30.2 Å². The monoisotopic (exact) mass is 458 g/mol. The minimum atomic E-state index is -0.263. The van der Waals surface area contributed by atoms with Gasteiger partial charge in [0.2, 0.25) is 5.91 Å². The van der Waals surface area contributed by atoms with Gasteiger partial charge in [-0.15, -0.1) is 10.2 Å². The van der Waals surface area contributed by atoms with Crippen molar-refractivity contribution < 1.29 is 14.3 Å². The highest BCUT2D eigenvalue weighted by Gasteiger charge is 2.25. The fraction of sp³-hybridized carbons (Fsp3) is 0.583. The van der Waals surface area contributed by atoms with E-state index in [1.807, 2.05) is 0 Å². The quantitative estimate of drug-likeness (QED) is 0.338. The summed E-state index contributed by atoms with van der Waals surface area (Å²) in [6.45, 7) is 7.07. The number of nitrogens with zero attached hydrogens (tertiary/aromatic N) is 3. The molecule has 1 saturated carbocycles. The van der Waals surface area contributed by atoms with Crippen LogP contribution in [0.1, 0.15) is 70.9 Å². The van der Waals surface area contributed by atoms with E-state index in [1.165, 1.54) is 37.3 Å². The van der Waals surface area contributed by atoms with E-state index in [4.69, 9.17) is 0 Å². The van der Waals surface area contributed by atoms with E-state index in [0.29, 0.717) is 25.4 Å². The summed E-state index contributed by atoms with van der Waals surface area (Å²) in [6.07, 6.45) is 5.50. The number of thioether (sulfide) groups is 1. The molecule has 2 aromatic rings. The van der Waals surface area contributed by atoms with Crippen molar-refractivity contribution in [3.05, 3.63) is 29.8 Å². The normalized spacial score (nSPS) is 14.5. The van der Waals surface area contributed by atoms with Crippen LogP contribution >= 0.6 is 11.8 Å². The summed E-state index contributed by atoms with van der Waals surface area (Å²) >= 11 is 1.42. The molecule has 0 saturated heterocycles. The molecule has 3 rings (SSSR count). The molecule has 0 spiro atoms. The van der Waals surface area contributed by atoms with Crippen molar-refractivity contribution in [2.45, 2.75) is 75.9 Å². The van der Waals surface area contributed by atoms with Crippen molar-refractivity contribution in [2.75, 3.05) is 19.4 Å². The number of nitrogens with one attached hydrogen (secondary N) is 1. The average molecular weight is 459 g/mol. The number of amides is 1. The smallest absolute Gasteiger partial charge is 0.305 e. The van der Waals surface area contributed by atoms with Crippen LogP contribution in [0, 0.1) is 0 Å². The molecule has 1 aromatic carbocycles. The maximum absolute atomic E-state index is 12.3. The second kappa shape index (κ2) is 11.0. The standard InChI is InChI=1S/C24H34N4O3S/c1-24(2,3)18-13-11-17(12-14-18)22-26-27-23(28(22)19-8-5-6-9-19)32-16-20(29)25-15-7-10-21(30)31-4/h11-14,19H,5-10,15-16H2,1-4H3,(H,25,29). The Morgan fingerprint density at radius 2 is 1.84 bits per heavy atom. The van der Waals surface area contributed by atoms with E-state index in [-0.39, 0.29) is 23.0 Å². The first-order valence-corrected chi connectivity index (χ1v) is 12.3. The number of ether oxygens (including phenoxy) is 1.